The zero-order chi connectivity index (χ0) is 13.2. The van der Waals surface area contributed by atoms with Crippen LogP contribution in [-0.2, 0) is 6.42 Å². The maximum absolute atomic E-state index is 8.68. The molecule has 19 heavy (non-hydrogen) atoms. The fourth-order valence-corrected chi connectivity index (χ4v) is 2.01. The van der Waals surface area contributed by atoms with Crippen molar-refractivity contribution in [2.24, 2.45) is 0 Å². The zero-order valence-corrected chi connectivity index (χ0v) is 10.4. The number of rotatable bonds is 2. The van der Waals surface area contributed by atoms with Gasteiger partial charge in [0.2, 0.25) is 0 Å². The number of nitriles is 1. The van der Waals surface area contributed by atoms with E-state index in [1.165, 1.54) is 0 Å². The van der Waals surface area contributed by atoms with Crippen molar-refractivity contribution >= 4 is 11.0 Å². The SMILES string of the molecule is Cc1nc2ccc(-c3ccnc(CC#N)n3)cc2[nH]1. The predicted octanol–water partition coefficient (Wildman–Crippen LogP) is 2.39. The van der Waals surface area contributed by atoms with Gasteiger partial charge in [-0.1, -0.05) is 6.07 Å². The van der Waals surface area contributed by atoms with E-state index in [9.17, 15) is 0 Å². The van der Waals surface area contributed by atoms with Crippen LogP contribution in [0.5, 0.6) is 0 Å². The number of hydrogen-bond donors (Lipinski definition) is 1. The van der Waals surface area contributed by atoms with Crippen LogP contribution >= 0.6 is 0 Å². The number of nitrogens with zero attached hydrogens (tertiary/aromatic N) is 4. The molecule has 2 aromatic heterocycles. The van der Waals surface area contributed by atoms with Gasteiger partial charge in [-0.15, -0.1) is 0 Å². The number of aryl methyl sites for hydroxylation is 1. The lowest BCUT2D eigenvalue weighted by molar-refractivity contribution is 0.999. The van der Waals surface area contributed by atoms with Crippen molar-refractivity contribution in [3.63, 3.8) is 0 Å². The Kier molecular flexibility index (Phi) is 2.69. The molecule has 5 heteroatoms. The molecule has 0 saturated heterocycles. The number of fused-ring (bicyclic) bond motifs is 1. The molecule has 1 N–H and O–H groups in total. The Morgan fingerprint density at radius 3 is 3.00 bits per heavy atom. The molecule has 5 nitrogen and oxygen atoms in total. The molecular weight excluding hydrogens is 238 g/mol. The third-order valence-electron chi connectivity index (χ3n) is 2.84. The van der Waals surface area contributed by atoms with Crippen LogP contribution in [0.3, 0.4) is 0 Å². The van der Waals surface area contributed by atoms with Gasteiger partial charge in [0.05, 0.1) is 29.2 Å². The van der Waals surface area contributed by atoms with Gasteiger partial charge in [-0.05, 0) is 25.1 Å². The van der Waals surface area contributed by atoms with E-state index >= 15 is 0 Å². The van der Waals surface area contributed by atoms with Crippen molar-refractivity contribution in [3.05, 3.63) is 42.1 Å². The zero-order valence-electron chi connectivity index (χ0n) is 10.4. The summed E-state index contributed by atoms with van der Waals surface area (Å²) in [6.45, 7) is 1.93. The molecule has 0 aliphatic rings. The third kappa shape index (κ3) is 2.16. The van der Waals surface area contributed by atoms with Gasteiger partial charge in [0.1, 0.15) is 11.6 Å². The Hall–Kier alpha value is -2.74. The molecule has 0 saturated carbocycles. The van der Waals surface area contributed by atoms with E-state index in [0.29, 0.717) is 5.82 Å². The molecule has 0 bridgehead atoms. The number of hydrogen-bond acceptors (Lipinski definition) is 4. The minimum atomic E-state index is 0.221. The maximum atomic E-state index is 8.68. The first-order chi connectivity index (χ1) is 9.26. The number of imidazole rings is 1. The lowest BCUT2D eigenvalue weighted by atomic mass is 10.1. The highest BCUT2D eigenvalue weighted by Gasteiger charge is 2.05. The summed E-state index contributed by atoms with van der Waals surface area (Å²) >= 11 is 0. The van der Waals surface area contributed by atoms with Gasteiger partial charge in [-0.3, -0.25) is 0 Å². The molecule has 0 aliphatic carbocycles. The molecule has 0 atom stereocenters. The summed E-state index contributed by atoms with van der Waals surface area (Å²) in [6.07, 6.45) is 1.90. The molecule has 0 unspecified atom stereocenters. The second-order valence-corrected chi connectivity index (χ2v) is 4.25. The van der Waals surface area contributed by atoms with Crippen LogP contribution in [0, 0.1) is 18.3 Å². The lowest BCUT2D eigenvalue weighted by Crippen LogP contribution is -1.94. The summed E-state index contributed by atoms with van der Waals surface area (Å²) in [5.41, 5.74) is 3.72. The Balaban J connectivity index is 2.08. The summed E-state index contributed by atoms with van der Waals surface area (Å²) < 4.78 is 0. The van der Waals surface area contributed by atoms with Gasteiger partial charge in [0.25, 0.3) is 0 Å². The molecule has 0 spiro atoms. The van der Waals surface area contributed by atoms with Crippen molar-refractivity contribution < 1.29 is 0 Å². The van der Waals surface area contributed by atoms with Crippen molar-refractivity contribution in [2.45, 2.75) is 13.3 Å². The fraction of sp³-hybridized carbons (Fsp3) is 0.143. The van der Waals surface area contributed by atoms with Crippen molar-refractivity contribution in [1.29, 1.82) is 5.26 Å². The van der Waals surface area contributed by atoms with Gasteiger partial charge in [0, 0.05) is 11.8 Å². The van der Waals surface area contributed by atoms with Crippen LogP contribution in [0.1, 0.15) is 11.6 Å². The highest BCUT2D eigenvalue weighted by atomic mass is 14.9. The van der Waals surface area contributed by atoms with Gasteiger partial charge >= 0.3 is 0 Å². The van der Waals surface area contributed by atoms with E-state index in [1.807, 2.05) is 31.2 Å². The molecule has 1 aromatic carbocycles. The van der Waals surface area contributed by atoms with Crippen LogP contribution in [-0.4, -0.2) is 19.9 Å². The summed E-state index contributed by atoms with van der Waals surface area (Å²) in [7, 11) is 0. The van der Waals surface area contributed by atoms with E-state index in [2.05, 4.69) is 26.0 Å². The van der Waals surface area contributed by atoms with Crippen molar-refractivity contribution in [3.8, 4) is 17.3 Å². The quantitative estimate of drug-likeness (QED) is 0.756. The van der Waals surface area contributed by atoms with E-state index in [0.717, 1.165) is 28.1 Å². The number of nitrogens with one attached hydrogen (secondary N) is 1. The third-order valence-corrected chi connectivity index (χ3v) is 2.84. The second kappa shape index (κ2) is 4.50. The lowest BCUT2D eigenvalue weighted by Gasteiger charge is -2.02. The molecule has 3 aromatic rings. The summed E-state index contributed by atoms with van der Waals surface area (Å²) in [5, 5.41) is 8.68. The molecule has 0 radical (unpaired) electrons. The predicted molar refractivity (Wildman–Crippen MR) is 71.2 cm³/mol. The van der Waals surface area contributed by atoms with Gasteiger partial charge in [-0.25, -0.2) is 15.0 Å². The molecular formula is C14H11N5. The Labute approximate surface area is 110 Å². The van der Waals surface area contributed by atoms with E-state index in [1.54, 1.807) is 6.20 Å². The summed E-state index contributed by atoms with van der Waals surface area (Å²) in [6, 6.07) is 9.83. The standard InChI is InChI=1S/C14H11N5/c1-9-17-12-3-2-10(8-13(12)18-9)11-5-7-16-14(19-11)4-6-15/h2-3,5,7-8H,4H2,1H3,(H,17,18). The molecule has 0 aliphatic heterocycles. The first kappa shape index (κ1) is 11.4. The van der Waals surface area contributed by atoms with Crippen LogP contribution < -0.4 is 0 Å². The summed E-state index contributed by atoms with van der Waals surface area (Å²) in [4.78, 5) is 16.0. The smallest absolute Gasteiger partial charge is 0.142 e. The van der Waals surface area contributed by atoms with E-state index in [-0.39, 0.29) is 6.42 Å². The number of aromatic amines is 1. The Morgan fingerprint density at radius 2 is 2.16 bits per heavy atom. The topological polar surface area (TPSA) is 78.2 Å². The number of benzene rings is 1. The Morgan fingerprint density at radius 1 is 1.26 bits per heavy atom. The van der Waals surface area contributed by atoms with Crippen molar-refractivity contribution in [2.75, 3.05) is 0 Å². The Bertz CT molecular complexity index is 782. The largest absolute Gasteiger partial charge is 0.342 e. The second-order valence-electron chi connectivity index (χ2n) is 4.25. The monoisotopic (exact) mass is 249 g/mol. The molecule has 2 heterocycles. The molecule has 0 fully saturated rings. The fourth-order valence-electron chi connectivity index (χ4n) is 2.01. The average molecular weight is 249 g/mol. The first-order valence-electron chi connectivity index (χ1n) is 5.92. The average Bonchev–Trinajstić information content (AvgIpc) is 2.78. The van der Waals surface area contributed by atoms with Crippen LogP contribution in [0.2, 0.25) is 0 Å². The highest BCUT2D eigenvalue weighted by molar-refractivity contribution is 5.81. The van der Waals surface area contributed by atoms with Crippen LogP contribution in [0.15, 0.2) is 30.5 Å². The molecule has 3 rings (SSSR count). The minimum Gasteiger partial charge on any atom is -0.342 e. The number of aromatic nitrogens is 4. The summed E-state index contributed by atoms with van der Waals surface area (Å²) in [5.74, 6) is 1.43. The maximum Gasteiger partial charge on any atom is 0.142 e. The molecule has 92 valence electrons. The molecule has 0 amide bonds. The van der Waals surface area contributed by atoms with Gasteiger partial charge in [-0.2, -0.15) is 5.26 Å². The van der Waals surface area contributed by atoms with Crippen LogP contribution in [0.25, 0.3) is 22.3 Å². The highest BCUT2D eigenvalue weighted by Crippen LogP contribution is 2.21. The van der Waals surface area contributed by atoms with E-state index < -0.39 is 0 Å². The minimum absolute atomic E-state index is 0.221. The van der Waals surface area contributed by atoms with Gasteiger partial charge < -0.3 is 4.98 Å². The van der Waals surface area contributed by atoms with E-state index in [4.69, 9.17) is 5.26 Å². The number of H-pyrrole nitrogens is 1. The first-order valence-corrected chi connectivity index (χ1v) is 5.92. The van der Waals surface area contributed by atoms with Crippen molar-refractivity contribution in [1.82, 2.24) is 19.9 Å². The normalized spacial score (nSPS) is 10.5. The van der Waals surface area contributed by atoms with Crippen LogP contribution in [0.4, 0.5) is 0 Å². The van der Waals surface area contributed by atoms with Gasteiger partial charge in [0.15, 0.2) is 0 Å².